The average Bonchev–Trinajstić information content (AvgIpc) is 2.37. The van der Waals surface area contributed by atoms with E-state index in [1.54, 1.807) is 0 Å². The molecule has 1 heterocycles. The zero-order valence-corrected chi connectivity index (χ0v) is 10.6. The van der Waals surface area contributed by atoms with Crippen molar-refractivity contribution < 1.29 is 24.7 Å². The summed E-state index contributed by atoms with van der Waals surface area (Å²) >= 11 is 5.66. The van der Waals surface area contributed by atoms with Crippen LogP contribution in [0, 0.1) is 10.1 Å². The van der Waals surface area contributed by atoms with Crippen molar-refractivity contribution in [3.8, 4) is 0 Å². The first-order valence-corrected chi connectivity index (χ1v) is 5.58. The fraction of sp³-hybridized carbons (Fsp3) is 0.400. The summed E-state index contributed by atoms with van der Waals surface area (Å²) in [6, 6.07) is 0.933. The summed E-state index contributed by atoms with van der Waals surface area (Å²) in [6.07, 6.45) is -2.77. The second kappa shape index (κ2) is 6.41. The highest BCUT2D eigenvalue weighted by molar-refractivity contribution is 6.30. The van der Waals surface area contributed by atoms with E-state index in [0.29, 0.717) is 0 Å². The third-order valence-electron chi connectivity index (χ3n) is 2.21. The van der Waals surface area contributed by atoms with Crippen molar-refractivity contribution in [1.82, 2.24) is 4.98 Å². The van der Waals surface area contributed by atoms with E-state index >= 15 is 0 Å². The van der Waals surface area contributed by atoms with E-state index in [0.717, 1.165) is 12.3 Å². The van der Waals surface area contributed by atoms with Gasteiger partial charge >= 0.3 is 5.97 Å². The van der Waals surface area contributed by atoms with Crippen LogP contribution >= 0.6 is 11.6 Å². The lowest BCUT2D eigenvalue weighted by Gasteiger charge is -2.17. The van der Waals surface area contributed by atoms with Crippen molar-refractivity contribution in [3.05, 3.63) is 33.1 Å². The molecule has 0 aliphatic carbocycles. The molecule has 1 aromatic rings. The van der Waals surface area contributed by atoms with Crippen LogP contribution in [-0.4, -0.2) is 38.8 Å². The highest BCUT2D eigenvalue weighted by Gasteiger charge is 2.30. The van der Waals surface area contributed by atoms with Crippen molar-refractivity contribution >= 4 is 23.3 Å². The number of halogens is 1. The maximum absolute atomic E-state index is 11.3. The van der Waals surface area contributed by atoms with Crippen LogP contribution in [0.4, 0.5) is 5.69 Å². The van der Waals surface area contributed by atoms with Crippen molar-refractivity contribution in [1.29, 1.82) is 0 Å². The largest absolute Gasteiger partial charge is 0.464 e. The molecule has 104 valence electrons. The van der Waals surface area contributed by atoms with Gasteiger partial charge in [0.05, 0.1) is 11.5 Å². The maximum Gasteiger partial charge on any atom is 0.338 e. The quantitative estimate of drug-likeness (QED) is 0.352. The van der Waals surface area contributed by atoms with Crippen LogP contribution in [0.5, 0.6) is 0 Å². The molecule has 2 N–H and O–H groups in total. The van der Waals surface area contributed by atoms with Gasteiger partial charge in [0.1, 0.15) is 17.5 Å². The van der Waals surface area contributed by atoms with Gasteiger partial charge in [0.2, 0.25) is 0 Å². The van der Waals surface area contributed by atoms with Crippen LogP contribution in [0.25, 0.3) is 0 Å². The lowest BCUT2D eigenvalue weighted by Crippen LogP contribution is -2.30. The van der Waals surface area contributed by atoms with Crippen molar-refractivity contribution in [2.24, 2.45) is 0 Å². The third-order valence-corrected chi connectivity index (χ3v) is 2.52. The Kier molecular flexibility index (Phi) is 5.16. The lowest BCUT2D eigenvalue weighted by atomic mass is 10.1. The normalized spacial score (nSPS) is 13.7. The molecule has 8 nitrogen and oxygen atoms in total. The SMILES string of the molecule is CCOC(=O)C(O)C(O)c1cc([N+](=O)[O-])cnc1Cl. The van der Waals surface area contributed by atoms with Crippen molar-refractivity contribution in [3.63, 3.8) is 0 Å². The first-order chi connectivity index (χ1) is 8.88. The Balaban J connectivity index is 3.04. The zero-order chi connectivity index (χ0) is 14.6. The number of esters is 1. The minimum Gasteiger partial charge on any atom is -0.464 e. The number of pyridine rings is 1. The van der Waals surface area contributed by atoms with Crippen molar-refractivity contribution in [2.45, 2.75) is 19.1 Å². The second-order valence-electron chi connectivity index (χ2n) is 3.47. The van der Waals surface area contributed by atoms with Gasteiger partial charge < -0.3 is 14.9 Å². The van der Waals surface area contributed by atoms with Gasteiger partial charge in [-0.05, 0) is 6.92 Å². The number of aliphatic hydroxyl groups excluding tert-OH is 2. The molecule has 2 unspecified atom stereocenters. The minimum atomic E-state index is -1.90. The number of aliphatic hydroxyl groups is 2. The highest BCUT2D eigenvalue weighted by Crippen LogP contribution is 2.27. The van der Waals surface area contributed by atoms with E-state index in [9.17, 15) is 25.1 Å². The Hall–Kier alpha value is -1.77. The number of nitrogens with zero attached hydrogens (tertiary/aromatic N) is 2. The summed E-state index contributed by atoms with van der Waals surface area (Å²) in [5.41, 5.74) is -0.647. The zero-order valence-electron chi connectivity index (χ0n) is 9.82. The Labute approximate surface area is 112 Å². The third kappa shape index (κ3) is 3.60. The maximum atomic E-state index is 11.3. The first-order valence-electron chi connectivity index (χ1n) is 5.21. The van der Waals surface area contributed by atoms with Crippen LogP contribution in [0.2, 0.25) is 5.15 Å². The van der Waals surface area contributed by atoms with E-state index in [1.807, 2.05) is 0 Å². The average molecular weight is 291 g/mol. The monoisotopic (exact) mass is 290 g/mol. The van der Waals surface area contributed by atoms with E-state index in [1.165, 1.54) is 6.92 Å². The molecule has 0 saturated heterocycles. The Morgan fingerprint density at radius 2 is 2.26 bits per heavy atom. The Bertz CT molecular complexity index is 495. The number of carbonyl (C=O) groups excluding carboxylic acids is 1. The predicted octanol–water partition coefficient (Wildman–Crippen LogP) is 0.601. The Morgan fingerprint density at radius 3 is 2.79 bits per heavy atom. The summed E-state index contributed by atoms with van der Waals surface area (Å²) in [4.78, 5) is 24.6. The summed E-state index contributed by atoms with van der Waals surface area (Å²) in [5.74, 6) is -1.06. The number of hydrogen-bond donors (Lipinski definition) is 2. The number of rotatable bonds is 5. The van der Waals surface area contributed by atoms with Gasteiger partial charge in [0.25, 0.3) is 5.69 Å². The molecule has 2 atom stereocenters. The molecule has 0 aliphatic rings. The number of aromatic nitrogens is 1. The fourth-order valence-corrected chi connectivity index (χ4v) is 1.50. The molecule has 9 heteroatoms. The molecule has 0 aliphatic heterocycles. The number of ether oxygens (including phenoxy) is 1. The summed E-state index contributed by atoms with van der Waals surface area (Å²) in [5, 5.41) is 29.7. The standard InChI is InChI=1S/C10H11ClN2O6/c1-2-19-10(16)8(15)7(14)6-3-5(13(17)18)4-12-9(6)11/h3-4,7-8,14-15H,2H2,1H3. The lowest BCUT2D eigenvalue weighted by molar-refractivity contribution is -0.385. The molecule has 0 radical (unpaired) electrons. The molecule has 0 fully saturated rings. The van der Waals surface area contributed by atoms with E-state index in [-0.39, 0.29) is 17.3 Å². The van der Waals surface area contributed by atoms with E-state index < -0.39 is 28.8 Å². The predicted molar refractivity (Wildman–Crippen MR) is 63.5 cm³/mol. The van der Waals surface area contributed by atoms with E-state index in [2.05, 4.69) is 9.72 Å². The van der Waals surface area contributed by atoms with Crippen molar-refractivity contribution in [2.75, 3.05) is 6.61 Å². The van der Waals surface area contributed by atoms with Crippen LogP contribution in [0.15, 0.2) is 12.3 Å². The van der Waals surface area contributed by atoms with E-state index in [4.69, 9.17) is 11.6 Å². The number of hydrogen-bond acceptors (Lipinski definition) is 7. The smallest absolute Gasteiger partial charge is 0.338 e. The summed E-state index contributed by atoms with van der Waals surface area (Å²) in [6.45, 7) is 1.54. The van der Waals surface area contributed by atoms with Gasteiger partial charge in [-0.2, -0.15) is 0 Å². The summed E-state index contributed by atoms with van der Waals surface area (Å²) in [7, 11) is 0. The highest BCUT2D eigenvalue weighted by atomic mass is 35.5. The molecular weight excluding hydrogens is 280 g/mol. The first kappa shape index (κ1) is 15.3. The fourth-order valence-electron chi connectivity index (χ4n) is 1.29. The molecule has 0 spiro atoms. The summed E-state index contributed by atoms with van der Waals surface area (Å²) < 4.78 is 4.52. The molecule has 19 heavy (non-hydrogen) atoms. The van der Waals surface area contributed by atoms with Gasteiger partial charge in [-0.1, -0.05) is 11.6 Å². The minimum absolute atomic E-state index is 0.0174. The van der Waals surface area contributed by atoms with Gasteiger partial charge in [-0.15, -0.1) is 0 Å². The Morgan fingerprint density at radius 1 is 1.63 bits per heavy atom. The van der Waals surface area contributed by atoms with Gasteiger partial charge in [-0.3, -0.25) is 10.1 Å². The molecule has 0 bridgehead atoms. The molecule has 0 amide bonds. The van der Waals surface area contributed by atoms with Gasteiger partial charge in [-0.25, -0.2) is 9.78 Å². The van der Waals surface area contributed by atoms with Gasteiger partial charge in [0, 0.05) is 11.6 Å². The molecule has 0 aromatic carbocycles. The topological polar surface area (TPSA) is 123 Å². The van der Waals surface area contributed by atoms with Crippen LogP contribution in [-0.2, 0) is 9.53 Å². The number of carbonyl (C=O) groups is 1. The van der Waals surface area contributed by atoms with Crippen LogP contribution in [0.3, 0.4) is 0 Å². The molecule has 0 saturated carbocycles. The van der Waals surface area contributed by atoms with Crippen LogP contribution in [0.1, 0.15) is 18.6 Å². The van der Waals surface area contributed by atoms with Gasteiger partial charge in [0.15, 0.2) is 6.10 Å². The van der Waals surface area contributed by atoms with Crippen LogP contribution < -0.4 is 0 Å². The second-order valence-corrected chi connectivity index (χ2v) is 3.83. The number of nitro groups is 1. The molecular formula is C10H11ClN2O6. The molecule has 1 aromatic heterocycles. The molecule has 1 rings (SSSR count).